The molecule has 0 aromatic heterocycles. The van der Waals surface area contributed by atoms with Crippen LogP contribution in [0, 0.1) is 5.92 Å². The van der Waals surface area contributed by atoms with E-state index in [2.05, 4.69) is 48.3 Å². The van der Waals surface area contributed by atoms with Gasteiger partial charge in [-0.1, -0.05) is 26.0 Å². The summed E-state index contributed by atoms with van der Waals surface area (Å²) in [4.78, 5) is 2.61. The Hall–Kier alpha value is -1.06. The van der Waals surface area contributed by atoms with Crippen LogP contribution < -0.4 is 10.1 Å². The minimum Gasteiger partial charge on any atom is -0.497 e. The fraction of sp³-hybridized carbons (Fsp3) is 0.625. The highest BCUT2D eigenvalue weighted by Crippen LogP contribution is 2.18. The second-order valence-corrected chi connectivity index (χ2v) is 5.81. The Morgan fingerprint density at radius 1 is 1.32 bits per heavy atom. The molecule has 1 aromatic carbocycles. The largest absolute Gasteiger partial charge is 0.497 e. The summed E-state index contributed by atoms with van der Waals surface area (Å²) >= 11 is 0. The van der Waals surface area contributed by atoms with E-state index in [1.807, 2.05) is 0 Å². The molecule has 0 aliphatic carbocycles. The Morgan fingerprint density at radius 2 is 2.05 bits per heavy atom. The average molecular weight is 262 g/mol. The number of benzene rings is 1. The van der Waals surface area contributed by atoms with Gasteiger partial charge in [-0.2, -0.15) is 0 Å². The number of nitrogens with one attached hydrogen (secondary N) is 1. The van der Waals surface area contributed by atoms with E-state index in [1.165, 1.54) is 12.0 Å². The summed E-state index contributed by atoms with van der Waals surface area (Å²) in [5.74, 6) is 1.69. The zero-order valence-electron chi connectivity index (χ0n) is 12.4. The zero-order valence-corrected chi connectivity index (χ0v) is 12.4. The van der Waals surface area contributed by atoms with Crippen molar-refractivity contribution in [1.29, 1.82) is 0 Å². The molecule has 0 radical (unpaired) electrons. The summed E-state index contributed by atoms with van der Waals surface area (Å²) in [6.45, 7) is 9.02. The van der Waals surface area contributed by atoms with Crippen LogP contribution in [-0.4, -0.2) is 37.7 Å². The van der Waals surface area contributed by atoms with E-state index in [1.54, 1.807) is 7.11 Å². The van der Waals surface area contributed by atoms with Crippen LogP contribution in [0.4, 0.5) is 0 Å². The minimum absolute atomic E-state index is 0.663. The minimum atomic E-state index is 0.663. The first kappa shape index (κ1) is 14.4. The fourth-order valence-electron chi connectivity index (χ4n) is 2.75. The maximum Gasteiger partial charge on any atom is 0.118 e. The molecule has 1 N–H and O–H groups in total. The molecule has 1 heterocycles. The molecule has 0 amide bonds. The van der Waals surface area contributed by atoms with Gasteiger partial charge >= 0.3 is 0 Å². The standard InChI is InChI=1S/C16H26N2O/c1-13(2)10-15-11-17-8-9-18(15)12-14-4-6-16(19-3)7-5-14/h4-7,13,15,17H,8-12H2,1-3H3. The van der Waals surface area contributed by atoms with Crippen molar-refractivity contribution in [1.82, 2.24) is 10.2 Å². The molecule has 1 aliphatic heterocycles. The molecule has 1 aliphatic rings. The van der Waals surface area contributed by atoms with Gasteiger partial charge in [-0.15, -0.1) is 0 Å². The van der Waals surface area contributed by atoms with E-state index >= 15 is 0 Å². The quantitative estimate of drug-likeness (QED) is 0.882. The third-order valence-corrected chi connectivity index (χ3v) is 3.76. The molecule has 1 fully saturated rings. The molecule has 2 rings (SSSR count). The van der Waals surface area contributed by atoms with Crippen molar-refractivity contribution in [2.45, 2.75) is 32.9 Å². The van der Waals surface area contributed by atoms with E-state index in [9.17, 15) is 0 Å². The van der Waals surface area contributed by atoms with Crippen molar-refractivity contribution >= 4 is 0 Å². The molecule has 106 valence electrons. The normalized spacial score (nSPS) is 20.7. The van der Waals surface area contributed by atoms with Gasteiger partial charge in [0.05, 0.1) is 7.11 Å². The maximum atomic E-state index is 5.21. The van der Waals surface area contributed by atoms with Gasteiger partial charge in [-0.05, 0) is 30.0 Å². The summed E-state index contributed by atoms with van der Waals surface area (Å²) < 4.78 is 5.21. The molecule has 1 aromatic rings. The summed E-state index contributed by atoms with van der Waals surface area (Å²) in [6.07, 6.45) is 1.27. The lowest BCUT2D eigenvalue weighted by molar-refractivity contribution is 0.134. The van der Waals surface area contributed by atoms with Crippen LogP contribution in [0.5, 0.6) is 5.75 Å². The van der Waals surface area contributed by atoms with Crippen LogP contribution in [0.2, 0.25) is 0 Å². The van der Waals surface area contributed by atoms with E-state index < -0.39 is 0 Å². The topological polar surface area (TPSA) is 24.5 Å². The Kier molecular flexibility index (Phi) is 5.23. The first-order valence-electron chi connectivity index (χ1n) is 7.26. The van der Waals surface area contributed by atoms with Gasteiger partial charge in [0.25, 0.3) is 0 Å². The van der Waals surface area contributed by atoms with E-state index in [-0.39, 0.29) is 0 Å². The second kappa shape index (κ2) is 6.92. The smallest absolute Gasteiger partial charge is 0.118 e. The number of piperazine rings is 1. The molecule has 3 heteroatoms. The number of hydrogen-bond donors (Lipinski definition) is 1. The SMILES string of the molecule is COc1ccc(CN2CCNCC2CC(C)C)cc1. The highest BCUT2D eigenvalue weighted by molar-refractivity contribution is 5.27. The molecule has 19 heavy (non-hydrogen) atoms. The van der Waals surface area contributed by atoms with Crippen molar-refractivity contribution in [2.24, 2.45) is 5.92 Å². The molecule has 0 spiro atoms. The number of rotatable bonds is 5. The Morgan fingerprint density at radius 3 is 2.68 bits per heavy atom. The lowest BCUT2D eigenvalue weighted by Gasteiger charge is -2.37. The van der Waals surface area contributed by atoms with Gasteiger partial charge in [0.1, 0.15) is 5.75 Å². The van der Waals surface area contributed by atoms with Crippen molar-refractivity contribution in [3.05, 3.63) is 29.8 Å². The third-order valence-electron chi connectivity index (χ3n) is 3.76. The van der Waals surface area contributed by atoms with E-state index in [0.717, 1.165) is 37.8 Å². The van der Waals surface area contributed by atoms with Gasteiger partial charge in [0, 0.05) is 32.2 Å². The van der Waals surface area contributed by atoms with Crippen LogP contribution >= 0.6 is 0 Å². The molecular weight excluding hydrogens is 236 g/mol. The summed E-state index contributed by atoms with van der Waals surface area (Å²) in [6, 6.07) is 9.11. The predicted octanol–water partition coefficient (Wildman–Crippen LogP) is 2.52. The Bertz CT molecular complexity index is 375. The summed E-state index contributed by atoms with van der Waals surface area (Å²) in [5, 5.41) is 3.51. The number of nitrogens with zero attached hydrogens (tertiary/aromatic N) is 1. The van der Waals surface area contributed by atoms with Crippen molar-refractivity contribution in [3.63, 3.8) is 0 Å². The molecule has 0 saturated carbocycles. The highest BCUT2D eigenvalue weighted by atomic mass is 16.5. The Labute approximate surface area is 116 Å². The average Bonchev–Trinajstić information content (AvgIpc) is 2.41. The lowest BCUT2D eigenvalue weighted by atomic mass is 10.00. The van der Waals surface area contributed by atoms with Crippen LogP contribution in [0.25, 0.3) is 0 Å². The van der Waals surface area contributed by atoms with Crippen molar-refractivity contribution < 1.29 is 4.74 Å². The van der Waals surface area contributed by atoms with Crippen LogP contribution in [0.15, 0.2) is 24.3 Å². The van der Waals surface area contributed by atoms with Crippen molar-refractivity contribution in [3.8, 4) is 5.75 Å². The predicted molar refractivity (Wildman–Crippen MR) is 79.5 cm³/mol. The third kappa shape index (κ3) is 4.22. The van der Waals surface area contributed by atoms with E-state index in [4.69, 9.17) is 4.74 Å². The van der Waals surface area contributed by atoms with Crippen LogP contribution in [-0.2, 0) is 6.54 Å². The number of ether oxygens (including phenoxy) is 1. The molecule has 3 nitrogen and oxygen atoms in total. The fourth-order valence-corrected chi connectivity index (χ4v) is 2.75. The number of methoxy groups -OCH3 is 1. The van der Waals surface area contributed by atoms with E-state index in [0.29, 0.717) is 6.04 Å². The van der Waals surface area contributed by atoms with Gasteiger partial charge in [0.2, 0.25) is 0 Å². The number of hydrogen-bond acceptors (Lipinski definition) is 3. The highest BCUT2D eigenvalue weighted by Gasteiger charge is 2.22. The summed E-state index contributed by atoms with van der Waals surface area (Å²) in [5.41, 5.74) is 1.37. The van der Waals surface area contributed by atoms with Crippen LogP contribution in [0.1, 0.15) is 25.8 Å². The maximum absolute atomic E-state index is 5.21. The Balaban J connectivity index is 1.97. The van der Waals surface area contributed by atoms with Gasteiger partial charge in [0.15, 0.2) is 0 Å². The zero-order chi connectivity index (χ0) is 13.7. The van der Waals surface area contributed by atoms with Crippen LogP contribution in [0.3, 0.4) is 0 Å². The molecule has 1 atom stereocenters. The van der Waals surface area contributed by atoms with Gasteiger partial charge in [-0.25, -0.2) is 0 Å². The lowest BCUT2D eigenvalue weighted by Crippen LogP contribution is -2.51. The van der Waals surface area contributed by atoms with Gasteiger partial charge in [-0.3, -0.25) is 4.90 Å². The van der Waals surface area contributed by atoms with Crippen molar-refractivity contribution in [2.75, 3.05) is 26.7 Å². The van der Waals surface area contributed by atoms with Gasteiger partial charge < -0.3 is 10.1 Å². The molecular formula is C16H26N2O. The second-order valence-electron chi connectivity index (χ2n) is 5.81. The summed E-state index contributed by atoms with van der Waals surface area (Å²) in [7, 11) is 1.71. The monoisotopic (exact) mass is 262 g/mol. The molecule has 0 bridgehead atoms. The molecule has 1 saturated heterocycles. The first-order chi connectivity index (χ1) is 9.19. The molecule has 1 unspecified atom stereocenters. The first-order valence-corrected chi connectivity index (χ1v) is 7.26.